The molecule has 2 fully saturated rings. The van der Waals surface area contributed by atoms with Gasteiger partial charge in [0.25, 0.3) is 23.6 Å². The first-order chi connectivity index (χ1) is 28.2. The lowest BCUT2D eigenvalue weighted by Gasteiger charge is -2.27. The number of nitrogens with one attached hydrogen (secondary N) is 3. The molecular formula is C39H43N9O10. The van der Waals surface area contributed by atoms with Gasteiger partial charge in [-0.05, 0) is 61.8 Å². The van der Waals surface area contributed by atoms with E-state index in [0.717, 1.165) is 11.4 Å². The van der Waals surface area contributed by atoms with Crippen LogP contribution in [0.2, 0.25) is 0 Å². The van der Waals surface area contributed by atoms with Gasteiger partial charge in [-0.15, -0.1) is 0 Å². The molecule has 1 atom stereocenters. The number of aromatic nitrogens is 4. The molecule has 1 saturated heterocycles. The van der Waals surface area contributed by atoms with Crippen LogP contribution in [0.4, 0.5) is 11.5 Å². The SMILES string of the molecule is NC(=O)c1nn(CCOCCOCCOCCCc2cccc3c2C(=O)N(C2CCC(=O)NC2=O)C3=O)cc1NC(=O)c1coc(-c2ccnc(NCC3CC3)c2)n1. The minimum Gasteiger partial charge on any atom is -0.444 e. The second-order valence-corrected chi connectivity index (χ2v) is 14.0. The first-order valence-corrected chi connectivity index (χ1v) is 19.1. The van der Waals surface area contributed by atoms with E-state index in [-0.39, 0.29) is 60.1 Å². The summed E-state index contributed by atoms with van der Waals surface area (Å²) in [6.07, 6.45) is 8.00. The lowest BCUT2D eigenvalue weighted by Crippen LogP contribution is -2.54. The lowest BCUT2D eigenvalue weighted by atomic mass is 9.99. The number of oxazole rings is 1. The van der Waals surface area contributed by atoms with Crippen molar-refractivity contribution in [1.29, 1.82) is 0 Å². The highest BCUT2D eigenvalue weighted by Crippen LogP contribution is 2.31. The summed E-state index contributed by atoms with van der Waals surface area (Å²) in [6.45, 7) is 3.02. The monoisotopic (exact) mass is 797 g/mol. The summed E-state index contributed by atoms with van der Waals surface area (Å²) in [7, 11) is 0. The number of carbonyl (C=O) groups excluding carboxylic acids is 6. The zero-order valence-electron chi connectivity index (χ0n) is 31.6. The van der Waals surface area contributed by atoms with Crippen LogP contribution < -0.4 is 21.7 Å². The predicted molar refractivity (Wildman–Crippen MR) is 204 cm³/mol. The summed E-state index contributed by atoms with van der Waals surface area (Å²) in [5.74, 6) is -1.94. The molecule has 58 heavy (non-hydrogen) atoms. The van der Waals surface area contributed by atoms with Crippen molar-refractivity contribution in [3.63, 3.8) is 0 Å². The van der Waals surface area contributed by atoms with Gasteiger partial charge in [-0.2, -0.15) is 5.10 Å². The summed E-state index contributed by atoms with van der Waals surface area (Å²) in [4.78, 5) is 84.9. The maximum Gasteiger partial charge on any atom is 0.277 e. The molecular weight excluding hydrogens is 754 g/mol. The number of nitrogens with zero attached hydrogens (tertiary/aromatic N) is 5. The van der Waals surface area contributed by atoms with Crippen LogP contribution in [0.1, 0.15) is 79.4 Å². The van der Waals surface area contributed by atoms with E-state index >= 15 is 0 Å². The highest BCUT2D eigenvalue weighted by atomic mass is 16.5. The second-order valence-electron chi connectivity index (χ2n) is 14.0. The van der Waals surface area contributed by atoms with E-state index in [2.05, 4.69) is 31.0 Å². The average molecular weight is 798 g/mol. The number of pyridine rings is 1. The van der Waals surface area contributed by atoms with Crippen LogP contribution in [-0.4, -0.2) is 112 Å². The van der Waals surface area contributed by atoms with Crippen molar-refractivity contribution in [1.82, 2.24) is 30.0 Å². The molecule has 0 radical (unpaired) electrons. The molecule has 3 aliphatic rings. The van der Waals surface area contributed by atoms with Crippen LogP contribution in [0.15, 0.2) is 53.4 Å². The molecule has 6 amide bonds. The van der Waals surface area contributed by atoms with Gasteiger partial charge in [-0.3, -0.25) is 43.7 Å². The smallest absolute Gasteiger partial charge is 0.277 e. The zero-order chi connectivity index (χ0) is 40.6. The summed E-state index contributed by atoms with van der Waals surface area (Å²) < 4.78 is 23.9. The van der Waals surface area contributed by atoms with E-state index < -0.39 is 41.5 Å². The Morgan fingerprint density at radius 3 is 2.50 bits per heavy atom. The molecule has 0 bridgehead atoms. The van der Waals surface area contributed by atoms with E-state index in [9.17, 15) is 28.8 Å². The maximum absolute atomic E-state index is 13.3. The topological polar surface area (TPSA) is 252 Å². The summed E-state index contributed by atoms with van der Waals surface area (Å²) in [5, 5.41) is 12.3. The van der Waals surface area contributed by atoms with Gasteiger partial charge < -0.3 is 35.0 Å². The van der Waals surface area contributed by atoms with Crippen molar-refractivity contribution in [3.8, 4) is 11.5 Å². The van der Waals surface area contributed by atoms with Crippen LogP contribution in [0.25, 0.3) is 11.5 Å². The molecule has 1 saturated carbocycles. The third kappa shape index (κ3) is 9.61. The highest BCUT2D eigenvalue weighted by molar-refractivity contribution is 6.24. The third-order valence-corrected chi connectivity index (χ3v) is 9.75. The molecule has 19 heteroatoms. The molecule has 4 aromatic rings. The summed E-state index contributed by atoms with van der Waals surface area (Å²) in [6, 6.07) is 7.58. The largest absolute Gasteiger partial charge is 0.444 e. The molecule has 19 nitrogen and oxygen atoms in total. The Bertz CT molecular complexity index is 2200. The van der Waals surface area contributed by atoms with Crippen LogP contribution in [-0.2, 0) is 36.8 Å². The first kappa shape index (κ1) is 39.9. The number of nitrogens with two attached hydrogens (primary N) is 1. The Hall–Kier alpha value is -6.31. The van der Waals surface area contributed by atoms with Gasteiger partial charge in [0.15, 0.2) is 11.4 Å². The Kier molecular flexibility index (Phi) is 12.6. The molecule has 1 aromatic carbocycles. The minimum atomic E-state index is -1.01. The van der Waals surface area contributed by atoms with Gasteiger partial charge in [-0.25, -0.2) is 9.97 Å². The second kappa shape index (κ2) is 18.3. The summed E-state index contributed by atoms with van der Waals surface area (Å²) >= 11 is 0. The Labute approximate surface area is 332 Å². The first-order valence-electron chi connectivity index (χ1n) is 19.1. The Balaban J connectivity index is 0.774. The quantitative estimate of drug-likeness (QED) is 0.0697. The maximum atomic E-state index is 13.3. The van der Waals surface area contributed by atoms with Crippen molar-refractivity contribution in [2.75, 3.05) is 56.8 Å². The number of piperidine rings is 1. The number of primary amides is 1. The molecule has 2 aliphatic heterocycles. The van der Waals surface area contributed by atoms with Crippen molar-refractivity contribution < 1.29 is 47.4 Å². The van der Waals surface area contributed by atoms with Gasteiger partial charge in [0.1, 0.15) is 18.1 Å². The van der Waals surface area contributed by atoms with Gasteiger partial charge in [0.2, 0.25) is 17.7 Å². The molecule has 5 heterocycles. The molecule has 0 spiro atoms. The van der Waals surface area contributed by atoms with Gasteiger partial charge in [-0.1, -0.05) is 12.1 Å². The molecule has 1 aliphatic carbocycles. The lowest BCUT2D eigenvalue weighted by molar-refractivity contribution is -0.136. The molecule has 7 rings (SSSR count). The number of hydrogen-bond acceptors (Lipinski definition) is 14. The molecule has 304 valence electrons. The fourth-order valence-electron chi connectivity index (χ4n) is 6.60. The Morgan fingerprint density at radius 1 is 0.966 bits per heavy atom. The van der Waals surface area contributed by atoms with Crippen LogP contribution in [0, 0.1) is 5.92 Å². The van der Waals surface area contributed by atoms with Crippen molar-refractivity contribution in [3.05, 3.63) is 77.1 Å². The van der Waals surface area contributed by atoms with E-state index in [4.69, 9.17) is 24.4 Å². The van der Waals surface area contributed by atoms with Gasteiger partial charge >= 0.3 is 0 Å². The number of ether oxygens (including phenoxy) is 3. The number of hydrogen-bond donors (Lipinski definition) is 4. The standard InChI is InChI=1S/C39H43N9O10/c40-34(50)33-27(43-35(51)28-22-58-37(44-28)25-10-11-41-30(19-25)42-20-23-6-7-23)21-47(46-33)12-14-56-16-18-57-17-15-55-13-2-4-24-3-1-5-26-32(24)39(54)48(38(26)53)29-8-9-31(49)45-36(29)52/h1,3,5,10-11,19,21-23,29H,2,4,6-9,12-18,20H2,(H2,40,50)(H,41,42)(H,43,51)(H,45,49,52). The van der Waals surface area contributed by atoms with Gasteiger partial charge in [0.05, 0.1) is 56.4 Å². The highest BCUT2D eigenvalue weighted by Gasteiger charge is 2.45. The molecule has 1 unspecified atom stereocenters. The number of imide groups is 2. The molecule has 5 N–H and O–H groups in total. The van der Waals surface area contributed by atoms with Crippen LogP contribution in [0.5, 0.6) is 0 Å². The van der Waals surface area contributed by atoms with Crippen molar-refractivity contribution in [2.45, 2.75) is 51.1 Å². The number of carbonyl (C=O) groups is 6. The van der Waals surface area contributed by atoms with Crippen LogP contribution in [0.3, 0.4) is 0 Å². The van der Waals surface area contributed by atoms with E-state index in [1.807, 2.05) is 0 Å². The fraction of sp³-hybridized carbons (Fsp3) is 0.410. The van der Waals surface area contributed by atoms with Crippen molar-refractivity contribution in [2.24, 2.45) is 11.7 Å². The summed E-state index contributed by atoms with van der Waals surface area (Å²) in [5.41, 5.74) is 7.42. The van der Waals surface area contributed by atoms with Crippen molar-refractivity contribution >= 4 is 46.9 Å². The van der Waals surface area contributed by atoms with E-state index in [1.54, 1.807) is 36.5 Å². The average Bonchev–Trinajstić information content (AvgIpc) is 3.63. The fourth-order valence-corrected chi connectivity index (χ4v) is 6.60. The van der Waals surface area contributed by atoms with E-state index in [1.165, 1.54) is 30.0 Å². The number of fused-ring (bicyclic) bond motifs is 1. The number of rotatable bonds is 21. The van der Waals surface area contributed by atoms with Gasteiger partial charge in [0, 0.05) is 37.5 Å². The predicted octanol–water partition coefficient (Wildman–Crippen LogP) is 2.19. The minimum absolute atomic E-state index is 0.00398. The molecule has 3 aromatic heterocycles. The number of benzene rings is 1. The van der Waals surface area contributed by atoms with E-state index in [0.29, 0.717) is 68.7 Å². The number of aryl methyl sites for hydroxylation is 1. The zero-order valence-corrected chi connectivity index (χ0v) is 31.6. The Morgan fingerprint density at radius 2 is 1.74 bits per heavy atom. The number of amides is 6. The van der Waals surface area contributed by atoms with Crippen LogP contribution >= 0.6 is 0 Å². The third-order valence-electron chi connectivity index (χ3n) is 9.75. The normalized spacial score (nSPS) is 16.4. The number of anilines is 2.